The molecule has 0 radical (unpaired) electrons. The van der Waals surface area contributed by atoms with Crippen LogP contribution in [0, 0.1) is 13.8 Å². The highest BCUT2D eigenvalue weighted by Crippen LogP contribution is 2.18. The molecule has 0 saturated heterocycles. The summed E-state index contributed by atoms with van der Waals surface area (Å²) in [5.74, 6) is -0.630. The summed E-state index contributed by atoms with van der Waals surface area (Å²) in [7, 11) is 1.62. The normalized spacial score (nSPS) is 10.4. The average molecular weight is 282 g/mol. The second kappa shape index (κ2) is 7.69. The smallest absolute Gasteiger partial charge is 0.340 e. The molecule has 0 unspecified atom stereocenters. The van der Waals surface area contributed by atoms with Gasteiger partial charge in [-0.2, -0.15) is 0 Å². The van der Waals surface area contributed by atoms with Crippen LogP contribution in [0.5, 0.6) is 0 Å². The van der Waals surface area contributed by atoms with Crippen molar-refractivity contribution < 1.29 is 19.1 Å². The van der Waals surface area contributed by atoms with Gasteiger partial charge in [-0.25, -0.2) is 4.79 Å². The van der Waals surface area contributed by atoms with Crippen molar-refractivity contribution in [3.05, 3.63) is 22.5 Å². The van der Waals surface area contributed by atoms with Crippen LogP contribution in [0.4, 0.5) is 0 Å². The lowest BCUT2D eigenvalue weighted by Crippen LogP contribution is -2.26. The van der Waals surface area contributed by atoms with Crippen molar-refractivity contribution in [1.29, 1.82) is 0 Å². The predicted molar refractivity (Wildman–Crippen MR) is 75.0 cm³/mol. The van der Waals surface area contributed by atoms with Crippen LogP contribution < -0.4 is 5.32 Å². The minimum absolute atomic E-state index is 0.225. The van der Waals surface area contributed by atoms with Crippen LogP contribution in [0.25, 0.3) is 0 Å². The van der Waals surface area contributed by atoms with Gasteiger partial charge in [-0.3, -0.25) is 4.79 Å². The average Bonchev–Trinajstić information content (AvgIpc) is 2.70. The van der Waals surface area contributed by atoms with E-state index < -0.39 is 5.97 Å². The highest BCUT2D eigenvalue weighted by molar-refractivity contribution is 6.00. The number of aromatic nitrogens is 1. The first-order valence-electron chi connectivity index (χ1n) is 6.66. The molecule has 1 aromatic heterocycles. The number of methoxy groups -OCH3 is 1. The van der Waals surface area contributed by atoms with Gasteiger partial charge in [-0.15, -0.1) is 0 Å². The molecule has 6 heteroatoms. The number of hydrogen-bond donors (Lipinski definition) is 2. The van der Waals surface area contributed by atoms with Crippen molar-refractivity contribution in [2.45, 2.75) is 27.2 Å². The van der Waals surface area contributed by atoms with E-state index >= 15 is 0 Å². The molecule has 0 aliphatic rings. The van der Waals surface area contributed by atoms with E-state index in [0.29, 0.717) is 42.3 Å². The molecule has 0 spiro atoms. The largest absolute Gasteiger partial charge is 0.462 e. The number of carbonyl (C=O) groups excluding carboxylic acids is 2. The fourth-order valence-electron chi connectivity index (χ4n) is 1.99. The molecule has 112 valence electrons. The van der Waals surface area contributed by atoms with Crippen LogP contribution >= 0.6 is 0 Å². The second-order valence-electron chi connectivity index (χ2n) is 4.45. The van der Waals surface area contributed by atoms with Crippen molar-refractivity contribution in [2.75, 3.05) is 26.9 Å². The topological polar surface area (TPSA) is 80.4 Å². The molecule has 1 amide bonds. The standard InChI is InChI=1S/C14H22N2O4/c1-5-20-14(18)11-9(2)12(16-10(11)3)13(17)15-7-6-8-19-4/h16H,5-8H2,1-4H3,(H,15,17). The summed E-state index contributed by atoms with van der Waals surface area (Å²) in [6.07, 6.45) is 0.742. The minimum Gasteiger partial charge on any atom is -0.462 e. The van der Waals surface area contributed by atoms with Gasteiger partial charge in [0.1, 0.15) is 5.69 Å². The molecule has 0 saturated carbocycles. The maximum Gasteiger partial charge on any atom is 0.340 e. The number of aromatic amines is 1. The number of nitrogens with one attached hydrogen (secondary N) is 2. The third kappa shape index (κ3) is 3.84. The molecule has 1 aromatic rings. The fraction of sp³-hybridized carbons (Fsp3) is 0.571. The molecule has 0 bridgehead atoms. The fourth-order valence-corrected chi connectivity index (χ4v) is 1.99. The molecular weight excluding hydrogens is 260 g/mol. The molecule has 0 atom stereocenters. The third-order valence-electron chi connectivity index (χ3n) is 2.95. The van der Waals surface area contributed by atoms with Crippen molar-refractivity contribution in [1.82, 2.24) is 10.3 Å². The number of rotatable bonds is 7. The Hall–Kier alpha value is -1.82. The van der Waals surface area contributed by atoms with Gasteiger partial charge in [0, 0.05) is 26.0 Å². The maximum absolute atomic E-state index is 12.0. The van der Waals surface area contributed by atoms with E-state index in [1.165, 1.54) is 0 Å². The molecule has 20 heavy (non-hydrogen) atoms. The Morgan fingerprint density at radius 2 is 2.00 bits per heavy atom. The Kier molecular flexibility index (Phi) is 6.24. The number of hydrogen-bond acceptors (Lipinski definition) is 4. The number of ether oxygens (including phenoxy) is 2. The quantitative estimate of drug-likeness (QED) is 0.587. The van der Waals surface area contributed by atoms with Crippen LogP contribution in [0.15, 0.2) is 0 Å². The van der Waals surface area contributed by atoms with Crippen molar-refractivity contribution in [3.63, 3.8) is 0 Å². The summed E-state index contributed by atoms with van der Waals surface area (Å²) < 4.78 is 9.90. The zero-order valence-corrected chi connectivity index (χ0v) is 12.5. The molecule has 1 heterocycles. The first kappa shape index (κ1) is 16.2. The summed E-state index contributed by atoms with van der Waals surface area (Å²) >= 11 is 0. The zero-order valence-electron chi connectivity index (χ0n) is 12.5. The second-order valence-corrected chi connectivity index (χ2v) is 4.45. The monoisotopic (exact) mass is 282 g/mol. The van der Waals surface area contributed by atoms with Gasteiger partial charge in [-0.1, -0.05) is 0 Å². The molecule has 0 fully saturated rings. The van der Waals surface area contributed by atoms with Gasteiger partial charge in [0.15, 0.2) is 0 Å². The summed E-state index contributed by atoms with van der Waals surface area (Å²) in [6.45, 7) is 6.66. The Morgan fingerprint density at radius 3 is 2.60 bits per heavy atom. The van der Waals surface area contributed by atoms with E-state index in [4.69, 9.17) is 9.47 Å². The third-order valence-corrected chi connectivity index (χ3v) is 2.95. The van der Waals surface area contributed by atoms with Gasteiger partial charge in [0.25, 0.3) is 5.91 Å². The molecule has 6 nitrogen and oxygen atoms in total. The maximum atomic E-state index is 12.0. The first-order chi connectivity index (χ1) is 9.52. The Morgan fingerprint density at radius 1 is 1.30 bits per heavy atom. The van der Waals surface area contributed by atoms with Crippen molar-refractivity contribution in [2.24, 2.45) is 0 Å². The van der Waals surface area contributed by atoms with E-state index in [1.807, 2.05) is 0 Å². The van der Waals surface area contributed by atoms with Crippen LogP contribution in [-0.2, 0) is 9.47 Å². The lowest BCUT2D eigenvalue weighted by atomic mass is 10.1. The Labute approximate surface area is 118 Å². The van der Waals surface area contributed by atoms with Gasteiger partial charge >= 0.3 is 5.97 Å². The number of aryl methyl sites for hydroxylation is 1. The molecule has 2 N–H and O–H groups in total. The van der Waals surface area contributed by atoms with Crippen molar-refractivity contribution >= 4 is 11.9 Å². The first-order valence-corrected chi connectivity index (χ1v) is 6.66. The highest BCUT2D eigenvalue weighted by atomic mass is 16.5. The van der Waals surface area contributed by atoms with E-state index in [2.05, 4.69) is 10.3 Å². The van der Waals surface area contributed by atoms with E-state index in [-0.39, 0.29) is 5.91 Å². The van der Waals surface area contributed by atoms with Crippen LogP contribution in [0.2, 0.25) is 0 Å². The van der Waals surface area contributed by atoms with Gasteiger partial charge in [-0.05, 0) is 32.8 Å². The van der Waals surface area contributed by atoms with Crippen molar-refractivity contribution in [3.8, 4) is 0 Å². The lowest BCUT2D eigenvalue weighted by molar-refractivity contribution is 0.0525. The van der Waals surface area contributed by atoms with Gasteiger partial charge in [0.2, 0.25) is 0 Å². The molecule has 0 aliphatic carbocycles. The number of esters is 1. The van der Waals surface area contributed by atoms with E-state index in [1.54, 1.807) is 27.9 Å². The molecular formula is C14H22N2O4. The van der Waals surface area contributed by atoms with Crippen LogP contribution in [-0.4, -0.2) is 43.7 Å². The lowest BCUT2D eigenvalue weighted by Gasteiger charge is -2.05. The summed E-state index contributed by atoms with van der Waals surface area (Å²) in [6, 6.07) is 0. The molecule has 0 aliphatic heterocycles. The molecule has 0 aromatic carbocycles. The van der Waals surface area contributed by atoms with E-state index in [0.717, 1.165) is 6.42 Å². The SMILES string of the molecule is CCOC(=O)c1c(C)[nH]c(C(=O)NCCCOC)c1C. The minimum atomic E-state index is -0.405. The summed E-state index contributed by atoms with van der Waals surface area (Å²) in [5.41, 5.74) is 2.10. The predicted octanol–water partition coefficient (Wildman–Crippen LogP) is 1.57. The van der Waals surface area contributed by atoms with Crippen LogP contribution in [0.1, 0.15) is 45.4 Å². The molecule has 1 rings (SSSR count). The number of H-pyrrole nitrogens is 1. The zero-order chi connectivity index (χ0) is 15.1. The van der Waals surface area contributed by atoms with E-state index in [9.17, 15) is 9.59 Å². The Bertz CT molecular complexity index is 480. The van der Waals surface area contributed by atoms with Crippen LogP contribution in [0.3, 0.4) is 0 Å². The highest BCUT2D eigenvalue weighted by Gasteiger charge is 2.22. The number of amides is 1. The van der Waals surface area contributed by atoms with Gasteiger partial charge in [0.05, 0.1) is 12.2 Å². The summed E-state index contributed by atoms with van der Waals surface area (Å²) in [5, 5.41) is 2.78. The summed E-state index contributed by atoms with van der Waals surface area (Å²) in [4.78, 5) is 26.8. The number of carbonyl (C=O) groups is 2. The Balaban J connectivity index is 2.79. The van der Waals surface area contributed by atoms with Gasteiger partial charge < -0.3 is 19.8 Å².